The van der Waals surface area contributed by atoms with Gasteiger partial charge in [0.1, 0.15) is 0 Å². The summed E-state index contributed by atoms with van der Waals surface area (Å²) < 4.78 is 5.55. The molecule has 2 aliphatic heterocycles. The summed E-state index contributed by atoms with van der Waals surface area (Å²) in [5.41, 5.74) is 3.12. The van der Waals surface area contributed by atoms with Crippen molar-refractivity contribution in [2.45, 2.75) is 51.4 Å². The third-order valence-corrected chi connectivity index (χ3v) is 6.57. The lowest BCUT2D eigenvalue weighted by Gasteiger charge is -2.22. The highest BCUT2D eigenvalue weighted by molar-refractivity contribution is 6.06. The summed E-state index contributed by atoms with van der Waals surface area (Å²) in [6.45, 7) is 8.04. The van der Waals surface area contributed by atoms with E-state index in [2.05, 4.69) is 34.2 Å². The Morgan fingerprint density at radius 2 is 1.89 bits per heavy atom. The average Bonchev–Trinajstić information content (AvgIpc) is 3.33. The van der Waals surface area contributed by atoms with E-state index in [1.807, 2.05) is 6.07 Å². The van der Waals surface area contributed by atoms with Gasteiger partial charge in [0.15, 0.2) is 0 Å². The van der Waals surface area contributed by atoms with Crippen LogP contribution in [0.2, 0.25) is 0 Å². The normalized spacial score (nSPS) is 25.8. The Labute approximate surface area is 159 Å². The molecular weight excluding hydrogens is 340 g/mol. The van der Waals surface area contributed by atoms with Crippen LogP contribution in [0, 0.1) is 11.8 Å². The van der Waals surface area contributed by atoms with Gasteiger partial charge in [-0.25, -0.2) is 4.98 Å². The predicted octanol–water partition coefficient (Wildman–Crippen LogP) is 3.30. The van der Waals surface area contributed by atoms with Gasteiger partial charge in [-0.1, -0.05) is 19.0 Å². The van der Waals surface area contributed by atoms with Crippen LogP contribution in [-0.2, 0) is 0 Å². The lowest BCUT2D eigenvalue weighted by atomic mass is 9.92. The lowest BCUT2D eigenvalue weighted by Crippen LogP contribution is -2.33. The minimum absolute atomic E-state index is 0.127. The van der Waals surface area contributed by atoms with Crippen molar-refractivity contribution in [2.75, 3.05) is 26.2 Å². The zero-order valence-electron chi connectivity index (χ0n) is 16.2. The summed E-state index contributed by atoms with van der Waals surface area (Å²) in [7, 11) is 0. The third-order valence-electron chi connectivity index (χ3n) is 6.57. The third kappa shape index (κ3) is 3.04. The molecule has 1 saturated carbocycles. The van der Waals surface area contributed by atoms with E-state index in [1.165, 1.54) is 0 Å². The van der Waals surface area contributed by atoms with Crippen molar-refractivity contribution in [3.63, 3.8) is 0 Å². The van der Waals surface area contributed by atoms with Gasteiger partial charge in [-0.2, -0.15) is 0 Å². The molecule has 1 N–H and O–H groups in total. The maximum Gasteiger partial charge on any atom is 0.259 e. The zero-order valence-corrected chi connectivity index (χ0v) is 16.2. The van der Waals surface area contributed by atoms with Crippen LogP contribution in [-0.4, -0.2) is 47.1 Å². The Kier molecular flexibility index (Phi) is 4.19. The van der Waals surface area contributed by atoms with Crippen molar-refractivity contribution < 1.29 is 9.32 Å². The van der Waals surface area contributed by atoms with E-state index in [-0.39, 0.29) is 11.8 Å². The molecule has 27 heavy (non-hydrogen) atoms. The van der Waals surface area contributed by atoms with Gasteiger partial charge in [0.05, 0.1) is 16.6 Å². The number of carbonyl (C=O) groups excluding carboxylic acids is 1. The highest BCUT2D eigenvalue weighted by atomic mass is 16.5. The van der Waals surface area contributed by atoms with E-state index in [0.29, 0.717) is 23.5 Å². The minimum atomic E-state index is 0.127. The Hall–Kier alpha value is -1.95. The number of aromatic nitrogens is 2. The number of carbonyl (C=O) groups is 1. The van der Waals surface area contributed by atoms with Crippen molar-refractivity contribution in [3.8, 4) is 0 Å². The molecule has 144 valence electrons. The fourth-order valence-electron chi connectivity index (χ4n) is 4.73. The number of amides is 1. The van der Waals surface area contributed by atoms with Crippen LogP contribution in [0.1, 0.15) is 73.1 Å². The van der Waals surface area contributed by atoms with Gasteiger partial charge in [0, 0.05) is 24.7 Å². The first kappa shape index (κ1) is 17.2. The van der Waals surface area contributed by atoms with Gasteiger partial charge in [0.2, 0.25) is 0 Å². The fraction of sp³-hybridized carbons (Fsp3) is 0.667. The van der Waals surface area contributed by atoms with Gasteiger partial charge in [-0.05, 0) is 62.6 Å². The van der Waals surface area contributed by atoms with Crippen molar-refractivity contribution in [1.82, 2.24) is 20.4 Å². The van der Waals surface area contributed by atoms with Crippen LogP contribution in [0.15, 0.2) is 10.6 Å². The number of fused-ring (bicyclic) bond motifs is 2. The topological polar surface area (TPSA) is 71.3 Å². The number of rotatable bonds is 3. The van der Waals surface area contributed by atoms with Crippen LogP contribution < -0.4 is 5.32 Å². The first-order chi connectivity index (χ1) is 13.1. The summed E-state index contributed by atoms with van der Waals surface area (Å²) in [4.78, 5) is 20.3. The van der Waals surface area contributed by atoms with Gasteiger partial charge >= 0.3 is 0 Å². The predicted molar refractivity (Wildman–Crippen MR) is 103 cm³/mol. The van der Waals surface area contributed by atoms with Gasteiger partial charge < -0.3 is 14.7 Å². The van der Waals surface area contributed by atoms with E-state index in [4.69, 9.17) is 4.52 Å². The SMILES string of the molecule is CC(C)c1noc2nc(C3CC3)cc(C(=O)N3CC[C@@H]4CNC[C@@H]4CC3)c12. The summed E-state index contributed by atoms with van der Waals surface area (Å²) in [6, 6.07) is 2.03. The second-order valence-corrected chi connectivity index (χ2v) is 8.82. The molecule has 1 amide bonds. The maximum atomic E-state index is 13.6. The molecule has 1 aliphatic carbocycles. The van der Waals surface area contributed by atoms with E-state index in [1.54, 1.807) is 0 Å². The summed E-state index contributed by atoms with van der Waals surface area (Å²) >= 11 is 0. The van der Waals surface area contributed by atoms with Crippen LogP contribution in [0.25, 0.3) is 11.1 Å². The Morgan fingerprint density at radius 1 is 1.19 bits per heavy atom. The molecule has 5 rings (SSSR count). The highest BCUT2D eigenvalue weighted by Gasteiger charge is 2.34. The molecule has 0 bridgehead atoms. The molecule has 2 saturated heterocycles. The molecule has 6 nitrogen and oxygen atoms in total. The molecule has 0 radical (unpaired) electrons. The van der Waals surface area contributed by atoms with Crippen molar-refractivity contribution >= 4 is 17.0 Å². The maximum absolute atomic E-state index is 13.6. The average molecular weight is 368 g/mol. The van der Waals surface area contributed by atoms with Crippen LogP contribution in [0.3, 0.4) is 0 Å². The summed E-state index contributed by atoms with van der Waals surface area (Å²) in [5, 5.41) is 8.58. The Balaban J connectivity index is 1.52. The Bertz CT molecular complexity index is 856. The molecule has 4 heterocycles. The fourth-order valence-corrected chi connectivity index (χ4v) is 4.73. The lowest BCUT2D eigenvalue weighted by molar-refractivity contribution is 0.0760. The first-order valence-electron chi connectivity index (χ1n) is 10.4. The largest absolute Gasteiger partial charge is 0.339 e. The van der Waals surface area contributed by atoms with Crippen molar-refractivity contribution in [3.05, 3.63) is 23.0 Å². The van der Waals surface area contributed by atoms with Crippen molar-refractivity contribution in [1.29, 1.82) is 0 Å². The quantitative estimate of drug-likeness (QED) is 0.900. The minimum Gasteiger partial charge on any atom is -0.339 e. The van der Waals surface area contributed by atoms with Crippen LogP contribution >= 0.6 is 0 Å². The zero-order chi connectivity index (χ0) is 18.5. The smallest absolute Gasteiger partial charge is 0.259 e. The number of pyridine rings is 1. The number of likely N-dealkylation sites (tertiary alicyclic amines) is 1. The molecule has 6 heteroatoms. The van der Waals surface area contributed by atoms with E-state index in [0.717, 1.165) is 74.2 Å². The second-order valence-electron chi connectivity index (χ2n) is 8.82. The first-order valence-corrected chi connectivity index (χ1v) is 10.4. The van der Waals surface area contributed by atoms with Gasteiger partial charge in [0.25, 0.3) is 11.6 Å². The summed E-state index contributed by atoms with van der Waals surface area (Å²) in [5.74, 6) is 2.22. The number of hydrogen-bond acceptors (Lipinski definition) is 5. The molecule has 3 aliphatic rings. The Morgan fingerprint density at radius 3 is 2.52 bits per heavy atom. The monoisotopic (exact) mass is 368 g/mol. The van der Waals surface area contributed by atoms with Crippen molar-refractivity contribution in [2.24, 2.45) is 11.8 Å². The number of hydrogen-bond donors (Lipinski definition) is 1. The standard InChI is InChI=1S/C21H28N4O2/c1-12(2)19-18-16(9-17(13-3-4-13)23-20(18)27-24-19)21(26)25-7-5-14-10-22-11-15(14)6-8-25/h9,12-15,22H,3-8,10-11H2,1-2H3/t14-,15+. The van der Waals surface area contributed by atoms with E-state index in [9.17, 15) is 4.79 Å². The highest BCUT2D eigenvalue weighted by Crippen LogP contribution is 2.41. The summed E-state index contributed by atoms with van der Waals surface area (Å²) in [6.07, 6.45) is 4.48. The van der Waals surface area contributed by atoms with E-state index < -0.39 is 0 Å². The number of nitrogens with one attached hydrogen (secondary N) is 1. The molecule has 0 unspecified atom stereocenters. The van der Waals surface area contributed by atoms with Crippen LogP contribution in [0.4, 0.5) is 0 Å². The van der Waals surface area contributed by atoms with Gasteiger partial charge in [-0.3, -0.25) is 4.79 Å². The molecule has 2 atom stereocenters. The molecule has 2 aromatic rings. The number of nitrogens with zero attached hydrogens (tertiary/aromatic N) is 3. The molecular formula is C21H28N4O2. The second kappa shape index (κ2) is 6.59. The molecule has 3 fully saturated rings. The molecule has 0 spiro atoms. The van der Waals surface area contributed by atoms with Gasteiger partial charge in [-0.15, -0.1) is 0 Å². The molecule has 0 aromatic carbocycles. The van der Waals surface area contributed by atoms with E-state index >= 15 is 0 Å². The molecule has 2 aromatic heterocycles. The van der Waals surface area contributed by atoms with Crippen LogP contribution in [0.5, 0.6) is 0 Å².